The van der Waals surface area contributed by atoms with Gasteiger partial charge in [-0.1, -0.05) is 31.2 Å². The Morgan fingerprint density at radius 3 is 2.75 bits per heavy atom. The van der Waals surface area contributed by atoms with Gasteiger partial charge in [-0.25, -0.2) is 0 Å². The zero-order chi connectivity index (χ0) is 19.5. The lowest BCUT2D eigenvalue weighted by Gasteiger charge is -2.17. The van der Waals surface area contributed by atoms with Crippen molar-refractivity contribution in [3.63, 3.8) is 0 Å². The molecule has 0 fully saturated rings. The minimum Gasteiger partial charge on any atom is -0.457 e. The Kier molecular flexibility index (Phi) is 5.14. The fraction of sp³-hybridized carbons (Fsp3) is 0.217. The average Bonchev–Trinajstić information content (AvgIpc) is 3.05. The maximum Gasteiger partial charge on any atom is 0.256 e. The van der Waals surface area contributed by atoms with E-state index in [0.29, 0.717) is 33.5 Å². The molecule has 2 aromatic carbocycles. The molecular formula is C23H20N2O2S. The molecule has 0 radical (unpaired) electrons. The highest BCUT2D eigenvalue weighted by Crippen LogP contribution is 2.39. The van der Waals surface area contributed by atoms with Crippen molar-refractivity contribution < 1.29 is 9.53 Å². The molecule has 0 aliphatic heterocycles. The number of nitrogens with zero attached hydrogens (tertiary/aromatic N) is 1. The van der Waals surface area contributed by atoms with E-state index in [4.69, 9.17) is 4.74 Å². The number of nitrogens with one attached hydrogen (secondary N) is 1. The number of nitriles is 1. The van der Waals surface area contributed by atoms with E-state index in [-0.39, 0.29) is 5.91 Å². The first-order valence-corrected chi connectivity index (χ1v) is 10.1. The number of para-hydroxylation sites is 1. The number of thiophene rings is 1. The van der Waals surface area contributed by atoms with Crippen LogP contribution in [-0.4, -0.2) is 5.91 Å². The van der Waals surface area contributed by atoms with Gasteiger partial charge in [0, 0.05) is 10.4 Å². The van der Waals surface area contributed by atoms with Gasteiger partial charge in [-0.3, -0.25) is 4.79 Å². The predicted octanol–water partition coefficient (Wildman–Crippen LogP) is 5.79. The average molecular weight is 388 g/mol. The lowest BCUT2D eigenvalue weighted by Crippen LogP contribution is -2.12. The van der Waals surface area contributed by atoms with Crippen molar-refractivity contribution in [1.82, 2.24) is 0 Å². The van der Waals surface area contributed by atoms with Crippen LogP contribution in [0.2, 0.25) is 0 Å². The fourth-order valence-electron chi connectivity index (χ4n) is 3.47. The number of rotatable bonds is 4. The molecule has 3 aromatic rings. The van der Waals surface area contributed by atoms with E-state index in [1.54, 1.807) is 18.2 Å². The predicted molar refractivity (Wildman–Crippen MR) is 111 cm³/mol. The molecule has 1 aliphatic rings. The number of fused-ring (bicyclic) bond motifs is 1. The van der Waals surface area contributed by atoms with Gasteiger partial charge in [-0.2, -0.15) is 5.26 Å². The zero-order valence-corrected chi connectivity index (χ0v) is 16.4. The molecule has 1 aromatic heterocycles. The highest BCUT2D eigenvalue weighted by atomic mass is 32.1. The number of benzene rings is 2. The summed E-state index contributed by atoms with van der Waals surface area (Å²) in [5.41, 5.74) is 2.23. The monoisotopic (exact) mass is 388 g/mol. The summed E-state index contributed by atoms with van der Waals surface area (Å²) in [6.45, 7) is 2.21. The van der Waals surface area contributed by atoms with Crippen LogP contribution in [0.3, 0.4) is 0 Å². The molecule has 28 heavy (non-hydrogen) atoms. The highest BCUT2D eigenvalue weighted by molar-refractivity contribution is 7.16. The summed E-state index contributed by atoms with van der Waals surface area (Å²) in [5, 5.41) is 13.2. The van der Waals surface area contributed by atoms with Crippen molar-refractivity contribution in [3.8, 4) is 17.6 Å². The normalized spacial score (nSPS) is 15.4. The van der Waals surface area contributed by atoms with Gasteiger partial charge < -0.3 is 10.1 Å². The van der Waals surface area contributed by atoms with Crippen molar-refractivity contribution in [2.24, 2.45) is 5.92 Å². The third-order valence-electron chi connectivity index (χ3n) is 4.92. The number of amides is 1. The molecule has 0 bridgehead atoms. The van der Waals surface area contributed by atoms with Crippen LogP contribution in [0, 0.1) is 17.2 Å². The zero-order valence-electron chi connectivity index (χ0n) is 15.6. The SMILES string of the molecule is C[C@H]1CCc2sc(NC(=O)c3cccc(Oc4ccccc4)c3)c(C#N)c2C1. The second-order valence-corrected chi connectivity index (χ2v) is 8.17. The van der Waals surface area contributed by atoms with Crippen molar-refractivity contribution in [1.29, 1.82) is 5.26 Å². The van der Waals surface area contributed by atoms with Crippen LogP contribution in [0.15, 0.2) is 54.6 Å². The largest absolute Gasteiger partial charge is 0.457 e. The molecular weight excluding hydrogens is 368 g/mol. The summed E-state index contributed by atoms with van der Waals surface area (Å²) >= 11 is 1.53. The Bertz CT molecular complexity index is 1050. The molecule has 140 valence electrons. The number of hydrogen-bond acceptors (Lipinski definition) is 4. The van der Waals surface area contributed by atoms with Crippen LogP contribution in [0.5, 0.6) is 11.5 Å². The Hall–Kier alpha value is -3.10. The fourth-order valence-corrected chi connectivity index (χ4v) is 4.65. The summed E-state index contributed by atoms with van der Waals surface area (Å²) in [7, 11) is 0. The number of hydrogen-bond donors (Lipinski definition) is 1. The maximum atomic E-state index is 12.8. The van der Waals surface area contributed by atoms with E-state index in [9.17, 15) is 10.1 Å². The summed E-state index contributed by atoms with van der Waals surface area (Å²) in [4.78, 5) is 14.0. The van der Waals surface area contributed by atoms with Gasteiger partial charge in [-0.15, -0.1) is 11.3 Å². The minimum absolute atomic E-state index is 0.235. The minimum atomic E-state index is -0.235. The first kappa shape index (κ1) is 18.3. The molecule has 1 atom stereocenters. The molecule has 1 aliphatic carbocycles. The van der Waals surface area contributed by atoms with Crippen molar-refractivity contribution in [2.75, 3.05) is 5.32 Å². The lowest BCUT2D eigenvalue weighted by molar-refractivity contribution is 0.102. The van der Waals surface area contributed by atoms with Crippen LogP contribution in [0.25, 0.3) is 0 Å². The van der Waals surface area contributed by atoms with Gasteiger partial charge in [0.2, 0.25) is 0 Å². The van der Waals surface area contributed by atoms with E-state index >= 15 is 0 Å². The Labute approximate surface area is 168 Å². The standard InChI is InChI=1S/C23H20N2O2S/c1-15-10-11-21-19(12-15)20(14-24)23(28-21)25-22(26)16-6-5-9-18(13-16)27-17-7-3-2-4-8-17/h2-9,13,15H,10-12H2,1H3,(H,25,26)/t15-/m0/s1. The molecule has 5 heteroatoms. The molecule has 1 heterocycles. The van der Waals surface area contributed by atoms with E-state index in [1.807, 2.05) is 36.4 Å². The molecule has 0 saturated carbocycles. The van der Waals surface area contributed by atoms with Crippen molar-refractivity contribution in [2.45, 2.75) is 26.2 Å². The highest BCUT2D eigenvalue weighted by Gasteiger charge is 2.25. The number of carbonyl (C=O) groups excluding carboxylic acids is 1. The number of ether oxygens (including phenoxy) is 1. The van der Waals surface area contributed by atoms with Crippen LogP contribution in [0.4, 0.5) is 5.00 Å². The van der Waals surface area contributed by atoms with Gasteiger partial charge in [0.25, 0.3) is 5.91 Å². The van der Waals surface area contributed by atoms with E-state index in [0.717, 1.165) is 24.8 Å². The maximum absolute atomic E-state index is 12.8. The van der Waals surface area contributed by atoms with Gasteiger partial charge in [0.05, 0.1) is 5.56 Å². The number of carbonyl (C=O) groups is 1. The molecule has 0 unspecified atom stereocenters. The smallest absolute Gasteiger partial charge is 0.256 e. The van der Waals surface area contributed by atoms with E-state index < -0.39 is 0 Å². The molecule has 0 spiro atoms. The second-order valence-electron chi connectivity index (χ2n) is 7.06. The summed E-state index contributed by atoms with van der Waals surface area (Å²) in [5.74, 6) is 1.65. The molecule has 1 amide bonds. The number of aryl methyl sites for hydroxylation is 1. The Morgan fingerprint density at radius 1 is 1.18 bits per heavy atom. The number of anilines is 1. The van der Waals surface area contributed by atoms with Crippen LogP contribution in [-0.2, 0) is 12.8 Å². The van der Waals surface area contributed by atoms with Gasteiger partial charge in [0.1, 0.15) is 22.6 Å². The first-order valence-electron chi connectivity index (χ1n) is 9.33. The van der Waals surface area contributed by atoms with Gasteiger partial charge >= 0.3 is 0 Å². The van der Waals surface area contributed by atoms with E-state index in [1.165, 1.54) is 16.2 Å². The van der Waals surface area contributed by atoms with Gasteiger partial charge in [-0.05, 0) is 61.1 Å². The summed E-state index contributed by atoms with van der Waals surface area (Å²) < 4.78 is 5.81. The Balaban J connectivity index is 1.55. The van der Waals surface area contributed by atoms with E-state index in [2.05, 4.69) is 18.3 Å². The molecule has 4 nitrogen and oxygen atoms in total. The topological polar surface area (TPSA) is 62.1 Å². The second kappa shape index (κ2) is 7.87. The van der Waals surface area contributed by atoms with Gasteiger partial charge in [0.15, 0.2) is 0 Å². The Morgan fingerprint density at radius 2 is 1.96 bits per heavy atom. The first-order chi connectivity index (χ1) is 13.6. The summed E-state index contributed by atoms with van der Waals surface area (Å²) in [6, 6.07) is 18.8. The van der Waals surface area contributed by atoms with Crippen LogP contribution in [0.1, 0.15) is 39.7 Å². The summed E-state index contributed by atoms with van der Waals surface area (Å²) in [6.07, 6.45) is 3.02. The van der Waals surface area contributed by atoms with Crippen molar-refractivity contribution >= 4 is 22.2 Å². The van der Waals surface area contributed by atoms with Crippen LogP contribution >= 0.6 is 11.3 Å². The van der Waals surface area contributed by atoms with Crippen molar-refractivity contribution in [3.05, 3.63) is 76.2 Å². The quantitative estimate of drug-likeness (QED) is 0.615. The van der Waals surface area contributed by atoms with Crippen LogP contribution < -0.4 is 10.1 Å². The third-order valence-corrected chi connectivity index (χ3v) is 6.13. The molecule has 4 rings (SSSR count). The molecule has 1 N–H and O–H groups in total. The molecule has 0 saturated heterocycles. The third kappa shape index (κ3) is 3.78. The lowest BCUT2D eigenvalue weighted by atomic mass is 9.88.